The van der Waals surface area contributed by atoms with E-state index in [0.717, 1.165) is 56.1 Å². The normalized spacial score (nSPS) is 16.7. The van der Waals surface area contributed by atoms with Crippen molar-refractivity contribution < 1.29 is 4.74 Å². The summed E-state index contributed by atoms with van der Waals surface area (Å²) in [6, 6.07) is 4.68. The third-order valence-corrected chi connectivity index (χ3v) is 6.66. The van der Waals surface area contributed by atoms with Crippen LogP contribution in [0.4, 0.5) is 0 Å². The molecule has 1 atom stereocenters. The van der Waals surface area contributed by atoms with Crippen molar-refractivity contribution in [2.75, 3.05) is 39.4 Å². The Hall–Kier alpha value is -0.750. The molecule has 0 amide bonds. The van der Waals surface area contributed by atoms with Gasteiger partial charge in [0.15, 0.2) is 5.96 Å². The summed E-state index contributed by atoms with van der Waals surface area (Å²) in [4.78, 5) is 13.4. The number of aliphatic imine (C=N–C) groups is 1. The van der Waals surface area contributed by atoms with Crippen LogP contribution in [0.5, 0.6) is 0 Å². The van der Waals surface area contributed by atoms with E-state index in [9.17, 15) is 0 Å². The Balaban J connectivity index is 0.00000320. The van der Waals surface area contributed by atoms with Crippen molar-refractivity contribution in [2.45, 2.75) is 45.7 Å². The molecule has 0 spiro atoms. The van der Waals surface area contributed by atoms with Crippen molar-refractivity contribution >= 4 is 52.6 Å². The summed E-state index contributed by atoms with van der Waals surface area (Å²) in [5, 5.41) is 12.3. The lowest BCUT2D eigenvalue weighted by molar-refractivity contribution is 0.0177. The predicted octanol–water partition coefficient (Wildman–Crippen LogP) is 4.25. The molecule has 2 N–H and O–H groups in total. The van der Waals surface area contributed by atoms with E-state index >= 15 is 0 Å². The van der Waals surface area contributed by atoms with E-state index in [1.165, 1.54) is 4.88 Å². The molecule has 2 aromatic heterocycles. The van der Waals surface area contributed by atoms with E-state index < -0.39 is 0 Å². The van der Waals surface area contributed by atoms with Gasteiger partial charge >= 0.3 is 0 Å². The fourth-order valence-corrected chi connectivity index (χ4v) is 4.99. The lowest BCUT2D eigenvalue weighted by Crippen LogP contribution is -2.46. The van der Waals surface area contributed by atoms with Crippen LogP contribution in [-0.2, 0) is 16.7 Å². The first-order chi connectivity index (χ1) is 14.0. The highest BCUT2D eigenvalue weighted by Gasteiger charge is 2.23. The zero-order chi connectivity index (χ0) is 20.7. The van der Waals surface area contributed by atoms with E-state index in [1.54, 1.807) is 11.3 Å². The van der Waals surface area contributed by atoms with Crippen LogP contribution in [0.25, 0.3) is 0 Å². The molecule has 0 aromatic carbocycles. The third kappa shape index (κ3) is 7.44. The smallest absolute Gasteiger partial charge is 0.191 e. The number of rotatable bonds is 7. The number of aromatic nitrogens is 1. The fraction of sp³-hybridized carbons (Fsp3) is 0.619. The van der Waals surface area contributed by atoms with Gasteiger partial charge < -0.3 is 15.4 Å². The first-order valence-electron chi connectivity index (χ1n) is 10.3. The molecule has 3 heterocycles. The second kappa shape index (κ2) is 12.3. The highest BCUT2D eigenvalue weighted by Crippen LogP contribution is 2.26. The van der Waals surface area contributed by atoms with Crippen LogP contribution in [-0.4, -0.2) is 55.2 Å². The van der Waals surface area contributed by atoms with Crippen molar-refractivity contribution in [1.82, 2.24) is 20.5 Å². The minimum Gasteiger partial charge on any atom is -0.379 e. The summed E-state index contributed by atoms with van der Waals surface area (Å²) >= 11 is 3.50. The van der Waals surface area contributed by atoms with Crippen molar-refractivity contribution in [2.24, 2.45) is 4.99 Å². The number of halogens is 1. The van der Waals surface area contributed by atoms with E-state index in [0.29, 0.717) is 12.6 Å². The number of guanidine groups is 1. The van der Waals surface area contributed by atoms with Gasteiger partial charge in [-0.1, -0.05) is 26.8 Å². The number of hydrogen-bond acceptors (Lipinski definition) is 6. The molecule has 6 nitrogen and oxygen atoms in total. The SMILES string of the molecule is CCNC(=NCc1nc(C(C)(C)C)cs1)NCC(c1cccs1)N1CCOCC1.I. The molecule has 1 aliphatic rings. The number of ether oxygens (including phenoxy) is 1. The summed E-state index contributed by atoms with van der Waals surface area (Å²) in [5.41, 5.74) is 1.21. The van der Waals surface area contributed by atoms with Crippen LogP contribution in [0.3, 0.4) is 0 Å². The van der Waals surface area contributed by atoms with Crippen LogP contribution in [0.15, 0.2) is 27.9 Å². The van der Waals surface area contributed by atoms with Gasteiger partial charge in [0.25, 0.3) is 0 Å². The highest BCUT2D eigenvalue weighted by atomic mass is 127. The average Bonchev–Trinajstić information content (AvgIpc) is 3.39. The average molecular weight is 564 g/mol. The van der Waals surface area contributed by atoms with Gasteiger partial charge in [0.05, 0.1) is 31.5 Å². The zero-order valence-electron chi connectivity index (χ0n) is 18.3. The zero-order valence-corrected chi connectivity index (χ0v) is 22.3. The predicted molar refractivity (Wildman–Crippen MR) is 138 cm³/mol. The van der Waals surface area contributed by atoms with Crippen molar-refractivity contribution in [3.8, 4) is 0 Å². The Labute approximate surface area is 205 Å². The summed E-state index contributed by atoms with van der Waals surface area (Å²) in [7, 11) is 0. The molecule has 0 bridgehead atoms. The standard InChI is InChI=1S/C21H33N5OS2.HI/c1-5-22-20(24-14-19-25-18(15-29-19)21(2,3)4)23-13-16(17-7-6-12-28-17)26-8-10-27-11-9-26;/h6-7,12,15-16H,5,8-11,13-14H2,1-4H3,(H2,22,23,24);1H. The molecule has 1 saturated heterocycles. The molecule has 168 valence electrons. The maximum atomic E-state index is 5.54. The molecule has 30 heavy (non-hydrogen) atoms. The van der Waals surface area contributed by atoms with Crippen LogP contribution in [0.2, 0.25) is 0 Å². The number of morpholine rings is 1. The maximum Gasteiger partial charge on any atom is 0.191 e. The first-order valence-corrected chi connectivity index (χ1v) is 12.1. The minimum absolute atomic E-state index is 0. The molecule has 0 aliphatic carbocycles. The maximum absolute atomic E-state index is 5.54. The van der Waals surface area contributed by atoms with Gasteiger partial charge in [-0.25, -0.2) is 9.98 Å². The van der Waals surface area contributed by atoms with Gasteiger partial charge in [-0.2, -0.15) is 0 Å². The first kappa shape index (κ1) is 25.5. The minimum atomic E-state index is 0. The molecular weight excluding hydrogens is 529 g/mol. The van der Waals surface area contributed by atoms with E-state index in [-0.39, 0.29) is 29.4 Å². The Morgan fingerprint density at radius 1 is 1.27 bits per heavy atom. The van der Waals surface area contributed by atoms with Crippen molar-refractivity contribution in [3.05, 3.63) is 38.5 Å². The monoisotopic (exact) mass is 563 g/mol. The molecule has 9 heteroatoms. The number of hydrogen-bond donors (Lipinski definition) is 2. The Morgan fingerprint density at radius 3 is 2.63 bits per heavy atom. The van der Waals surface area contributed by atoms with Crippen molar-refractivity contribution in [3.63, 3.8) is 0 Å². The molecule has 2 aromatic rings. The Bertz CT molecular complexity index is 767. The van der Waals surface area contributed by atoms with E-state index in [2.05, 4.69) is 66.1 Å². The molecule has 3 rings (SSSR count). The van der Waals surface area contributed by atoms with E-state index in [4.69, 9.17) is 14.7 Å². The summed E-state index contributed by atoms with van der Waals surface area (Å²) < 4.78 is 5.54. The van der Waals surface area contributed by atoms with E-state index in [1.807, 2.05) is 11.3 Å². The number of thiazole rings is 1. The largest absolute Gasteiger partial charge is 0.379 e. The Morgan fingerprint density at radius 2 is 2.03 bits per heavy atom. The van der Waals surface area contributed by atoms with Gasteiger partial charge in [0.2, 0.25) is 0 Å². The molecule has 0 radical (unpaired) electrons. The second-order valence-electron chi connectivity index (χ2n) is 8.13. The highest BCUT2D eigenvalue weighted by molar-refractivity contribution is 14.0. The summed E-state index contributed by atoms with van der Waals surface area (Å²) in [6.07, 6.45) is 0. The topological polar surface area (TPSA) is 61.8 Å². The lowest BCUT2D eigenvalue weighted by atomic mass is 9.93. The quantitative estimate of drug-likeness (QED) is 0.300. The van der Waals surface area contributed by atoms with Crippen LogP contribution >= 0.6 is 46.7 Å². The summed E-state index contributed by atoms with van der Waals surface area (Å²) in [5.74, 6) is 0.842. The van der Waals surface area contributed by atoms with Crippen LogP contribution in [0.1, 0.15) is 49.3 Å². The van der Waals surface area contributed by atoms with Crippen molar-refractivity contribution in [1.29, 1.82) is 0 Å². The fourth-order valence-electron chi connectivity index (χ4n) is 3.19. The molecule has 1 fully saturated rings. The third-order valence-electron chi connectivity index (χ3n) is 4.86. The lowest BCUT2D eigenvalue weighted by Gasteiger charge is -2.34. The van der Waals surface area contributed by atoms with Gasteiger partial charge in [0.1, 0.15) is 5.01 Å². The number of nitrogens with one attached hydrogen (secondary N) is 2. The van der Waals surface area contributed by atoms with Gasteiger partial charge in [0, 0.05) is 41.9 Å². The second-order valence-corrected chi connectivity index (χ2v) is 10.1. The molecule has 1 unspecified atom stereocenters. The molecular formula is C21H34IN5OS2. The Kier molecular flexibility index (Phi) is 10.5. The number of thiophene rings is 1. The van der Waals surface area contributed by atoms with Gasteiger partial charge in [-0.3, -0.25) is 4.90 Å². The van der Waals surface area contributed by atoms with Crippen LogP contribution < -0.4 is 10.6 Å². The number of nitrogens with zero attached hydrogens (tertiary/aromatic N) is 3. The molecule has 0 saturated carbocycles. The van der Waals surface area contributed by atoms with Gasteiger partial charge in [-0.05, 0) is 18.4 Å². The molecule has 1 aliphatic heterocycles. The van der Waals surface area contributed by atoms with Gasteiger partial charge in [-0.15, -0.1) is 46.7 Å². The van der Waals surface area contributed by atoms with Crippen LogP contribution in [0, 0.1) is 0 Å². The summed E-state index contributed by atoms with van der Waals surface area (Å²) in [6.45, 7) is 14.4.